The second-order valence-corrected chi connectivity index (χ2v) is 5.98. The third-order valence-electron chi connectivity index (χ3n) is 3.45. The molecule has 0 bridgehead atoms. The maximum atomic E-state index is 12.4. The van der Waals surface area contributed by atoms with Crippen molar-refractivity contribution in [1.29, 1.82) is 0 Å². The number of rotatable bonds is 4. The van der Waals surface area contributed by atoms with Crippen LogP contribution in [0, 0.1) is 6.92 Å². The van der Waals surface area contributed by atoms with Crippen molar-refractivity contribution in [1.82, 2.24) is 14.8 Å². The Bertz CT molecular complexity index is 824. The molecule has 120 valence electrons. The van der Waals surface area contributed by atoms with Crippen LogP contribution in [0.25, 0.3) is 10.2 Å². The number of amides is 1. The van der Waals surface area contributed by atoms with Gasteiger partial charge in [-0.3, -0.25) is 14.8 Å². The number of ether oxygens (including phenoxy) is 2. The minimum atomic E-state index is -0.236. The van der Waals surface area contributed by atoms with E-state index in [2.05, 4.69) is 15.4 Å². The van der Waals surface area contributed by atoms with E-state index in [1.54, 1.807) is 38.2 Å². The van der Waals surface area contributed by atoms with Gasteiger partial charge in [0.15, 0.2) is 16.6 Å². The number of aryl methyl sites for hydroxylation is 2. The molecule has 7 nitrogen and oxygen atoms in total. The van der Waals surface area contributed by atoms with E-state index in [-0.39, 0.29) is 5.91 Å². The number of hydrogen-bond acceptors (Lipinski definition) is 6. The van der Waals surface area contributed by atoms with Gasteiger partial charge in [0, 0.05) is 19.2 Å². The van der Waals surface area contributed by atoms with Gasteiger partial charge in [-0.1, -0.05) is 11.3 Å². The molecule has 0 saturated carbocycles. The number of benzene rings is 1. The van der Waals surface area contributed by atoms with Crippen molar-refractivity contribution in [3.8, 4) is 11.5 Å². The fourth-order valence-electron chi connectivity index (χ4n) is 2.34. The summed E-state index contributed by atoms with van der Waals surface area (Å²) in [5, 5.41) is 7.40. The lowest BCUT2D eigenvalue weighted by atomic mass is 10.2. The minimum absolute atomic E-state index is 0.236. The van der Waals surface area contributed by atoms with E-state index in [0.717, 1.165) is 15.8 Å². The second kappa shape index (κ2) is 5.88. The molecule has 0 aliphatic rings. The van der Waals surface area contributed by atoms with Crippen molar-refractivity contribution >= 4 is 32.6 Å². The van der Waals surface area contributed by atoms with Crippen LogP contribution in [0.4, 0.5) is 5.13 Å². The molecule has 0 aliphatic heterocycles. The molecule has 3 rings (SSSR count). The van der Waals surface area contributed by atoms with E-state index in [0.29, 0.717) is 22.3 Å². The number of methoxy groups -OCH3 is 2. The highest BCUT2D eigenvalue weighted by Crippen LogP contribution is 2.36. The van der Waals surface area contributed by atoms with Crippen molar-refractivity contribution in [2.24, 2.45) is 7.05 Å². The number of fused-ring (bicyclic) bond motifs is 1. The summed E-state index contributed by atoms with van der Waals surface area (Å²) in [7, 11) is 4.89. The summed E-state index contributed by atoms with van der Waals surface area (Å²) in [6, 6.07) is 3.63. The van der Waals surface area contributed by atoms with Gasteiger partial charge in [0.1, 0.15) is 5.69 Å². The first-order chi connectivity index (χ1) is 11.0. The summed E-state index contributed by atoms with van der Waals surface area (Å²) < 4.78 is 13.0. The summed E-state index contributed by atoms with van der Waals surface area (Å²) in [6.07, 6.45) is 1.66. The number of nitrogens with one attached hydrogen (secondary N) is 1. The van der Waals surface area contributed by atoms with Gasteiger partial charge in [-0.05, 0) is 12.5 Å². The molecule has 2 aromatic heterocycles. The molecule has 0 atom stereocenters. The molecule has 0 fully saturated rings. The van der Waals surface area contributed by atoms with Gasteiger partial charge in [0.05, 0.1) is 30.6 Å². The summed E-state index contributed by atoms with van der Waals surface area (Å²) in [5.74, 6) is 0.996. The normalized spacial score (nSPS) is 10.8. The standard InChI is InChI=1S/C15H16N4O3S/c1-8-7-16-19(2)13(8)14(20)18-15-17-9-5-10(21-3)11(22-4)6-12(9)23-15/h5-7H,1-4H3,(H,17,18,20). The Morgan fingerprint density at radius 1 is 1.26 bits per heavy atom. The van der Waals surface area contributed by atoms with Crippen LogP contribution < -0.4 is 14.8 Å². The highest BCUT2D eigenvalue weighted by molar-refractivity contribution is 7.22. The van der Waals surface area contributed by atoms with Crippen molar-refractivity contribution in [3.63, 3.8) is 0 Å². The first-order valence-electron chi connectivity index (χ1n) is 6.86. The number of aromatic nitrogens is 3. The van der Waals surface area contributed by atoms with Gasteiger partial charge in [-0.2, -0.15) is 5.10 Å². The Kier molecular flexibility index (Phi) is 3.91. The number of carbonyl (C=O) groups excluding carboxylic acids is 1. The van der Waals surface area contributed by atoms with Crippen molar-refractivity contribution < 1.29 is 14.3 Å². The van der Waals surface area contributed by atoms with Gasteiger partial charge in [-0.15, -0.1) is 0 Å². The second-order valence-electron chi connectivity index (χ2n) is 4.95. The Hall–Kier alpha value is -2.61. The van der Waals surface area contributed by atoms with Crippen LogP contribution in [0.1, 0.15) is 16.1 Å². The largest absolute Gasteiger partial charge is 0.493 e. The predicted molar refractivity (Wildman–Crippen MR) is 88.6 cm³/mol. The molecule has 0 saturated heterocycles. The quantitative estimate of drug-likeness (QED) is 0.794. The molecular weight excluding hydrogens is 316 g/mol. The van der Waals surface area contributed by atoms with Gasteiger partial charge in [0.25, 0.3) is 5.91 Å². The number of nitrogens with zero attached hydrogens (tertiary/aromatic N) is 3. The maximum Gasteiger partial charge on any atom is 0.275 e. The summed E-state index contributed by atoms with van der Waals surface area (Å²) in [4.78, 5) is 16.8. The summed E-state index contributed by atoms with van der Waals surface area (Å²) >= 11 is 1.38. The molecule has 0 unspecified atom stereocenters. The van der Waals surface area contributed by atoms with Gasteiger partial charge in [-0.25, -0.2) is 4.98 Å². The topological polar surface area (TPSA) is 78.3 Å². The third-order valence-corrected chi connectivity index (χ3v) is 4.38. The number of carbonyl (C=O) groups is 1. The smallest absolute Gasteiger partial charge is 0.275 e. The van der Waals surface area contributed by atoms with Gasteiger partial charge < -0.3 is 9.47 Å². The summed E-state index contributed by atoms with van der Waals surface area (Å²) in [5.41, 5.74) is 2.07. The lowest BCUT2D eigenvalue weighted by molar-refractivity contribution is 0.101. The van der Waals surface area contributed by atoms with E-state index >= 15 is 0 Å². The molecule has 23 heavy (non-hydrogen) atoms. The lowest BCUT2D eigenvalue weighted by Gasteiger charge is -2.05. The Labute approximate surface area is 136 Å². The van der Waals surface area contributed by atoms with Crippen molar-refractivity contribution in [2.75, 3.05) is 19.5 Å². The van der Waals surface area contributed by atoms with Crippen LogP contribution in [0.5, 0.6) is 11.5 Å². The predicted octanol–water partition coefficient (Wildman–Crippen LogP) is 2.61. The first kappa shape index (κ1) is 15.3. The van der Waals surface area contributed by atoms with Crippen LogP contribution in [0.2, 0.25) is 0 Å². The molecule has 0 aliphatic carbocycles. The average molecular weight is 332 g/mol. The number of hydrogen-bond donors (Lipinski definition) is 1. The van der Waals surface area contributed by atoms with Crippen LogP contribution in [0.3, 0.4) is 0 Å². The molecule has 8 heteroatoms. The van der Waals surface area contributed by atoms with E-state index < -0.39 is 0 Å². The number of anilines is 1. The zero-order valence-corrected chi connectivity index (χ0v) is 14.0. The molecular formula is C15H16N4O3S. The van der Waals surface area contributed by atoms with Crippen LogP contribution in [-0.2, 0) is 7.05 Å². The highest BCUT2D eigenvalue weighted by atomic mass is 32.1. The molecule has 1 aromatic carbocycles. The number of thiazole rings is 1. The molecule has 2 heterocycles. The monoisotopic (exact) mass is 332 g/mol. The minimum Gasteiger partial charge on any atom is -0.493 e. The van der Waals surface area contributed by atoms with Crippen LogP contribution >= 0.6 is 11.3 Å². The highest BCUT2D eigenvalue weighted by Gasteiger charge is 2.17. The van der Waals surface area contributed by atoms with Crippen LogP contribution in [-0.4, -0.2) is 34.9 Å². The SMILES string of the molecule is COc1cc2nc(NC(=O)c3c(C)cnn3C)sc2cc1OC. The zero-order valence-electron chi connectivity index (χ0n) is 13.2. The molecule has 1 amide bonds. The molecule has 1 N–H and O–H groups in total. The van der Waals surface area contributed by atoms with Gasteiger partial charge in [0.2, 0.25) is 0 Å². The van der Waals surface area contributed by atoms with Crippen molar-refractivity contribution in [3.05, 3.63) is 29.6 Å². The average Bonchev–Trinajstić information content (AvgIpc) is 3.07. The Balaban J connectivity index is 1.93. The van der Waals surface area contributed by atoms with Crippen LogP contribution in [0.15, 0.2) is 18.3 Å². The first-order valence-corrected chi connectivity index (χ1v) is 7.67. The Morgan fingerprint density at radius 2 is 1.96 bits per heavy atom. The summed E-state index contributed by atoms with van der Waals surface area (Å²) in [6.45, 7) is 1.84. The van der Waals surface area contributed by atoms with Crippen molar-refractivity contribution in [2.45, 2.75) is 6.92 Å². The van der Waals surface area contributed by atoms with E-state index in [1.807, 2.05) is 13.0 Å². The van der Waals surface area contributed by atoms with Gasteiger partial charge >= 0.3 is 0 Å². The molecule has 0 spiro atoms. The molecule has 3 aromatic rings. The van der Waals surface area contributed by atoms with E-state index in [4.69, 9.17) is 9.47 Å². The lowest BCUT2D eigenvalue weighted by Crippen LogP contribution is -2.17. The maximum absolute atomic E-state index is 12.4. The fraction of sp³-hybridized carbons (Fsp3) is 0.267. The molecule has 0 radical (unpaired) electrons. The zero-order chi connectivity index (χ0) is 16.6. The Morgan fingerprint density at radius 3 is 2.57 bits per heavy atom. The van der Waals surface area contributed by atoms with E-state index in [1.165, 1.54) is 11.3 Å². The third kappa shape index (κ3) is 2.72. The van der Waals surface area contributed by atoms with E-state index in [9.17, 15) is 4.79 Å². The fourth-order valence-corrected chi connectivity index (χ4v) is 3.21.